The van der Waals surface area contributed by atoms with E-state index in [2.05, 4.69) is 46.0 Å². The average Bonchev–Trinajstić information content (AvgIpc) is 2.49. The third-order valence-electron chi connectivity index (χ3n) is 3.69. The molecule has 0 aliphatic carbocycles. The van der Waals surface area contributed by atoms with Crippen molar-refractivity contribution in [2.45, 2.75) is 77.9 Å². The van der Waals surface area contributed by atoms with Gasteiger partial charge in [0.2, 0.25) is 0 Å². The minimum Gasteiger partial charge on any atom is -1.00 e. The number of unbranched alkanes of at least 4 members (excludes halogenated alkanes) is 4. The summed E-state index contributed by atoms with van der Waals surface area (Å²) in [6.07, 6.45) is 17.0. The van der Waals surface area contributed by atoms with Crippen LogP contribution < -0.4 is 17.0 Å². The van der Waals surface area contributed by atoms with Crippen LogP contribution in [0, 0.1) is 0 Å². The van der Waals surface area contributed by atoms with E-state index in [4.69, 9.17) is 9.47 Å². The number of hydrogen-bond donors (Lipinski definition) is 0. The van der Waals surface area contributed by atoms with Crippen molar-refractivity contribution in [1.82, 2.24) is 0 Å². The molecule has 0 N–H and O–H groups in total. The summed E-state index contributed by atoms with van der Waals surface area (Å²) in [6.45, 7) is 13.2. The number of allylic oxidation sites excluding steroid dienone is 2. The van der Waals surface area contributed by atoms with Crippen molar-refractivity contribution in [2.24, 2.45) is 0 Å². The van der Waals surface area contributed by atoms with Crippen LogP contribution in [0.4, 0.5) is 0 Å². The molecular weight excluding hydrogens is 383 g/mol. The highest BCUT2D eigenvalue weighted by molar-refractivity contribution is 7.73. The van der Waals surface area contributed by atoms with Crippen molar-refractivity contribution in [3.8, 4) is 0 Å². The molecule has 146 valence electrons. The topological polar surface area (TPSA) is 18.5 Å². The van der Waals surface area contributed by atoms with Crippen molar-refractivity contribution in [1.29, 1.82) is 0 Å². The van der Waals surface area contributed by atoms with Gasteiger partial charge in [-0.3, -0.25) is 0 Å². The summed E-state index contributed by atoms with van der Waals surface area (Å²) in [7, 11) is -0.570. The largest absolute Gasteiger partial charge is 1.00 e. The highest BCUT2D eigenvalue weighted by Crippen LogP contribution is 2.47. The molecule has 0 aromatic carbocycles. The van der Waals surface area contributed by atoms with E-state index in [0.717, 1.165) is 32.5 Å². The summed E-state index contributed by atoms with van der Waals surface area (Å²) in [5.74, 6) is 0. The third kappa shape index (κ3) is 20.6. The van der Waals surface area contributed by atoms with Gasteiger partial charge in [-0.15, -0.1) is 0 Å². The molecule has 0 aromatic heterocycles. The second-order valence-corrected chi connectivity index (χ2v) is 12.5. The van der Waals surface area contributed by atoms with E-state index in [0.29, 0.717) is 0 Å². The molecule has 2 nitrogen and oxygen atoms in total. The molecule has 0 spiro atoms. The Morgan fingerprint density at radius 1 is 0.792 bits per heavy atom. The smallest absolute Gasteiger partial charge is 0.157 e. The van der Waals surface area contributed by atoms with Gasteiger partial charge >= 0.3 is 0 Å². The van der Waals surface area contributed by atoms with Crippen molar-refractivity contribution in [2.75, 3.05) is 39.4 Å². The van der Waals surface area contributed by atoms with Gasteiger partial charge in [-0.2, -0.15) is 0 Å². The molecule has 0 rings (SSSR count). The molecule has 0 aliphatic rings. The molecule has 0 amide bonds. The first-order valence-electron chi connectivity index (χ1n) is 9.68. The maximum atomic E-state index is 5.76. The van der Waals surface area contributed by atoms with Crippen LogP contribution in [-0.4, -0.2) is 45.7 Å². The lowest BCUT2D eigenvalue weighted by molar-refractivity contribution is -0.146. The molecule has 4 heteroatoms. The minimum atomic E-state index is -0.570. The van der Waals surface area contributed by atoms with Crippen LogP contribution in [0.1, 0.15) is 71.6 Å². The quantitative estimate of drug-likeness (QED) is 0.163. The van der Waals surface area contributed by atoms with E-state index in [9.17, 15) is 0 Å². The Morgan fingerprint density at radius 3 is 1.83 bits per heavy atom. The highest BCUT2D eigenvalue weighted by atomic mass is 79.9. The maximum absolute atomic E-state index is 5.76. The first kappa shape index (κ1) is 26.8. The lowest BCUT2D eigenvalue weighted by atomic mass is 10.1. The number of rotatable bonds is 16. The first-order valence-corrected chi connectivity index (χ1v) is 13.0. The van der Waals surface area contributed by atoms with Crippen molar-refractivity contribution in [3.05, 3.63) is 12.2 Å². The van der Waals surface area contributed by atoms with Gasteiger partial charge in [-0.05, 0) is 51.4 Å². The van der Waals surface area contributed by atoms with Crippen LogP contribution in [0.15, 0.2) is 12.2 Å². The van der Waals surface area contributed by atoms with Gasteiger partial charge in [-0.25, -0.2) is 0 Å². The molecule has 0 unspecified atom stereocenters. The summed E-state index contributed by atoms with van der Waals surface area (Å²) >= 11 is 0. The number of hydrogen-bond acceptors (Lipinski definition) is 2. The lowest BCUT2D eigenvalue weighted by Gasteiger charge is -2.17. The summed E-state index contributed by atoms with van der Waals surface area (Å²) in [4.78, 5) is 0. The van der Waals surface area contributed by atoms with Crippen LogP contribution in [-0.2, 0) is 9.47 Å². The fourth-order valence-corrected chi connectivity index (χ4v) is 3.51. The van der Waals surface area contributed by atoms with Gasteiger partial charge in [0.1, 0.15) is 0 Å². The van der Waals surface area contributed by atoms with Crippen LogP contribution >= 0.6 is 7.26 Å². The van der Waals surface area contributed by atoms with E-state index in [-0.39, 0.29) is 23.3 Å². The van der Waals surface area contributed by atoms with Crippen molar-refractivity contribution in [3.63, 3.8) is 0 Å². The SMILES string of the molecule is CCCOC(CCCCC/C=C/CCC[P+](C)(C)C)OCCC.[Br-]. The van der Waals surface area contributed by atoms with Crippen molar-refractivity contribution >= 4 is 7.26 Å². The van der Waals surface area contributed by atoms with E-state index in [1.165, 1.54) is 44.7 Å². The average molecular weight is 425 g/mol. The normalized spacial score (nSPS) is 12.1. The summed E-state index contributed by atoms with van der Waals surface area (Å²) < 4.78 is 11.5. The number of halogens is 1. The molecule has 0 saturated heterocycles. The third-order valence-corrected chi connectivity index (χ3v) is 5.35. The Bertz CT molecular complexity index is 269. The Kier molecular flexibility index (Phi) is 20.5. The molecule has 0 atom stereocenters. The van der Waals surface area contributed by atoms with Crippen LogP contribution in [0.2, 0.25) is 0 Å². The van der Waals surface area contributed by atoms with E-state index < -0.39 is 7.26 Å². The zero-order chi connectivity index (χ0) is 17.4. The molecule has 0 heterocycles. The monoisotopic (exact) mass is 424 g/mol. The van der Waals surface area contributed by atoms with E-state index in [1.807, 2.05) is 0 Å². The van der Waals surface area contributed by atoms with Crippen LogP contribution in [0.3, 0.4) is 0 Å². The van der Waals surface area contributed by atoms with Gasteiger partial charge in [0.15, 0.2) is 6.29 Å². The minimum absolute atomic E-state index is 0. The van der Waals surface area contributed by atoms with Crippen molar-refractivity contribution < 1.29 is 26.5 Å². The molecule has 0 bridgehead atoms. The standard InChI is InChI=1S/C20H42O2P.BrH/c1-6-17-21-20(22-18-7-2)16-14-12-10-8-9-11-13-15-19-23(3,4)5;/h9,11,20H,6-8,10,12-19H2,1-5H3;1H/q+1;/p-1/b11-9+;. The Morgan fingerprint density at radius 2 is 1.33 bits per heavy atom. The zero-order valence-corrected chi connectivity index (χ0v) is 19.3. The van der Waals surface area contributed by atoms with Crippen LogP contribution in [0.5, 0.6) is 0 Å². The second kappa shape index (κ2) is 18.4. The molecule has 0 aliphatic heterocycles. The summed E-state index contributed by atoms with van der Waals surface area (Å²) in [5.41, 5.74) is 0. The lowest BCUT2D eigenvalue weighted by Crippen LogP contribution is -3.00. The Balaban J connectivity index is 0. The first-order chi connectivity index (χ1) is 11.0. The summed E-state index contributed by atoms with van der Waals surface area (Å²) in [6, 6.07) is 0. The van der Waals surface area contributed by atoms with Gasteiger partial charge in [-0.1, -0.05) is 32.4 Å². The van der Waals surface area contributed by atoms with Gasteiger partial charge in [0.05, 0.1) is 6.16 Å². The molecule has 0 radical (unpaired) electrons. The predicted octanol–water partition coefficient (Wildman–Crippen LogP) is 3.36. The van der Waals surface area contributed by atoms with Gasteiger partial charge in [0.25, 0.3) is 0 Å². The predicted molar refractivity (Wildman–Crippen MR) is 107 cm³/mol. The Hall–Kier alpha value is 0.570. The fourth-order valence-electron chi connectivity index (χ4n) is 2.38. The Labute approximate surface area is 163 Å². The number of ether oxygens (including phenoxy) is 2. The van der Waals surface area contributed by atoms with Gasteiger partial charge in [0, 0.05) is 40.5 Å². The maximum Gasteiger partial charge on any atom is 0.157 e. The highest BCUT2D eigenvalue weighted by Gasteiger charge is 2.14. The molecule has 0 saturated carbocycles. The van der Waals surface area contributed by atoms with Crippen LogP contribution in [0.25, 0.3) is 0 Å². The van der Waals surface area contributed by atoms with Gasteiger partial charge < -0.3 is 26.5 Å². The fraction of sp³-hybridized carbons (Fsp3) is 0.900. The van der Waals surface area contributed by atoms with E-state index in [1.54, 1.807) is 0 Å². The zero-order valence-electron chi connectivity index (χ0n) is 16.9. The second-order valence-electron chi connectivity index (χ2n) is 7.44. The molecular formula is C20H42BrO2P. The summed E-state index contributed by atoms with van der Waals surface area (Å²) in [5, 5.41) is 0. The van der Waals surface area contributed by atoms with E-state index >= 15 is 0 Å². The molecule has 0 fully saturated rings. The molecule has 0 aromatic rings. The molecule has 24 heavy (non-hydrogen) atoms.